The van der Waals surface area contributed by atoms with Crippen LogP contribution in [0, 0.1) is 58.2 Å². The summed E-state index contributed by atoms with van der Waals surface area (Å²) in [5.41, 5.74) is -3.05. The Morgan fingerprint density at radius 1 is 0.591 bits per heavy atom. The van der Waals surface area contributed by atoms with E-state index in [1.807, 2.05) is 6.92 Å². The first-order chi connectivity index (χ1) is 20.6. The standard InChI is InChI=1S/C36H54O8/c1-7-34(4,32(40)42-19-30(38)44-36(6)27-14-23-9-24(16-27)17-28(36)15-23)20-33(2,3)31(39)41-18-29(37)43-35(5)25-10-21-8-22(12-25)13-26(35)11-21/h21-28H,7-20H2,1-6H3. The molecule has 8 saturated carbocycles. The van der Waals surface area contributed by atoms with E-state index >= 15 is 0 Å². The van der Waals surface area contributed by atoms with Gasteiger partial charge in [-0.25, -0.2) is 9.59 Å². The lowest BCUT2D eigenvalue weighted by atomic mass is 9.50. The van der Waals surface area contributed by atoms with Gasteiger partial charge in [0.25, 0.3) is 0 Å². The summed E-state index contributed by atoms with van der Waals surface area (Å²) in [6.07, 6.45) is 12.1. The summed E-state index contributed by atoms with van der Waals surface area (Å²) in [6.45, 7) is 10.3. The number of carbonyl (C=O) groups is 4. The van der Waals surface area contributed by atoms with Crippen LogP contribution in [0.4, 0.5) is 0 Å². The van der Waals surface area contributed by atoms with Gasteiger partial charge in [0.15, 0.2) is 13.2 Å². The molecule has 8 aliphatic carbocycles. The molecule has 44 heavy (non-hydrogen) atoms. The maximum Gasteiger partial charge on any atom is 0.344 e. The van der Waals surface area contributed by atoms with Crippen LogP contribution in [0.2, 0.25) is 0 Å². The normalized spacial score (nSPS) is 41.1. The zero-order chi connectivity index (χ0) is 31.7. The van der Waals surface area contributed by atoms with Crippen LogP contribution in [0.15, 0.2) is 0 Å². The summed E-state index contributed by atoms with van der Waals surface area (Å²) in [7, 11) is 0. The summed E-state index contributed by atoms with van der Waals surface area (Å²) in [5.74, 6) is 2.49. The molecule has 0 radical (unpaired) electrons. The van der Waals surface area contributed by atoms with E-state index in [9.17, 15) is 19.2 Å². The molecule has 246 valence electrons. The second-order valence-electron chi connectivity index (χ2n) is 17.1. The topological polar surface area (TPSA) is 105 Å². The molecule has 0 aliphatic heterocycles. The molecule has 0 N–H and O–H groups in total. The maximum atomic E-state index is 13.3. The van der Waals surface area contributed by atoms with Crippen molar-refractivity contribution in [2.75, 3.05) is 13.2 Å². The zero-order valence-corrected chi connectivity index (χ0v) is 27.8. The maximum absolute atomic E-state index is 13.3. The third kappa shape index (κ3) is 5.70. The van der Waals surface area contributed by atoms with Crippen LogP contribution in [0.5, 0.6) is 0 Å². The van der Waals surface area contributed by atoms with E-state index in [0.717, 1.165) is 75.0 Å². The number of hydrogen-bond acceptors (Lipinski definition) is 8. The number of rotatable bonds is 11. The summed E-state index contributed by atoms with van der Waals surface area (Å²) in [6, 6.07) is 0. The van der Waals surface area contributed by atoms with Gasteiger partial charge in [-0.1, -0.05) is 6.92 Å². The van der Waals surface area contributed by atoms with Crippen molar-refractivity contribution in [3.05, 3.63) is 0 Å². The van der Waals surface area contributed by atoms with Crippen molar-refractivity contribution in [3.8, 4) is 0 Å². The predicted molar refractivity (Wildman–Crippen MR) is 162 cm³/mol. The molecule has 8 nitrogen and oxygen atoms in total. The van der Waals surface area contributed by atoms with Crippen LogP contribution < -0.4 is 0 Å². The molecule has 0 heterocycles. The van der Waals surface area contributed by atoms with E-state index in [1.54, 1.807) is 20.8 Å². The average molecular weight is 615 g/mol. The zero-order valence-electron chi connectivity index (χ0n) is 27.8. The second kappa shape index (κ2) is 11.3. The molecule has 8 heteroatoms. The summed E-state index contributed by atoms with van der Waals surface area (Å²) in [4.78, 5) is 52.3. The average Bonchev–Trinajstić information content (AvgIpc) is 2.95. The van der Waals surface area contributed by atoms with Gasteiger partial charge >= 0.3 is 23.9 Å². The Kier molecular flexibility index (Phi) is 8.17. The van der Waals surface area contributed by atoms with Crippen LogP contribution in [0.1, 0.15) is 119 Å². The molecule has 1 atom stereocenters. The van der Waals surface area contributed by atoms with E-state index in [1.165, 1.54) is 12.8 Å². The van der Waals surface area contributed by atoms with E-state index in [2.05, 4.69) is 13.8 Å². The van der Waals surface area contributed by atoms with E-state index < -0.39 is 59.1 Å². The minimum absolute atomic E-state index is 0.146. The molecule has 0 aromatic heterocycles. The third-order valence-corrected chi connectivity index (χ3v) is 13.5. The minimum Gasteiger partial charge on any atom is -0.456 e. The SMILES string of the molecule is CCC(C)(CC(C)(C)C(=O)OCC(=O)OC1(C)C2CC3CC(C2)CC1C3)C(=O)OCC(=O)OC1(C)C2CC3CC(C2)CC1C3. The molecule has 8 aliphatic rings. The number of hydrogen-bond donors (Lipinski definition) is 0. The second-order valence-corrected chi connectivity index (χ2v) is 17.1. The Morgan fingerprint density at radius 2 is 0.932 bits per heavy atom. The Hall–Kier alpha value is -2.12. The Balaban J connectivity index is 0.978. The van der Waals surface area contributed by atoms with Gasteiger partial charge in [-0.05, 0) is 159 Å². The van der Waals surface area contributed by atoms with Crippen molar-refractivity contribution in [1.29, 1.82) is 0 Å². The Labute approximate surface area is 263 Å². The molecule has 0 saturated heterocycles. The molecule has 0 aromatic carbocycles. The first-order valence-corrected chi connectivity index (χ1v) is 17.4. The van der Waals surface area contributed by atoms with E-state index in [4.69, 9.17) is 18.9 Å². The third-order valence-electron chi connectivity index (χ3n) is 13.5. The van der Waals surface area contributed by atoms with Crippen LogP contribution in [0.3, 0.4) is 0 Å². The van der Waals surface area contributed by atoms with Gasteiger partial charge in [-0.15, -0.1) is 0 Å². The molecule has 0 amide bonds. The highest BCUT2D eigenvalue weighted by atomic mass is 16.6. The highest BCUT2D eigenvalue weighted by Crippen LogP contribution is 2.60. The monoisotopic (exact) mass is 614 g/mol. The smallest absolute Gasteiger partial charge is 0.344 e. The lowest BCUT2D eigenvalue weighted by Crippen LogP contribution is -2.58. The van der Waals surface area contributed by atoms with Crippen LogP contribution in [-0.2, 0) is 38.1 Å². The van der Waals surface area contributed by atoms with Gasteiger partial charge < -0.3 is 18.9 Å². The van der Waals surface area contributed by atoms with Crippen LogP contribution in [0.25, 0.3) is 0 Å². The fourth-order valence-corrected chi connectivity index (χ4v) is 11.1. The summed E-state index contributed by atoms with van der Waals surface area (Å²) in [5, 5.41) is 0. The fraction of sp³-hybridized carbons (Fsp3) is 0.889. The lowest BCUT2D eigenvalue weighted by molar-refractivity contribution is -0.208. The van der Waals surface area contributed by atoms with Crippen molar-refractivity contribution in [2.24, 2.45) is 58.2 Å². The van der Waals surface area contributed by atoms with Gasteiger partial charge in [0, 0.05) is 0 Å². The van der Waals surface area contributed by atoms with Crippen molar-refractivity contribution >= 4 is 23.9 Å². The Morgan fingerprint density at radius 3 is 1.27 bits per heavy atom. The van der Waals surface area contributed by atoms with Gasteiger partial charge in [0.1, 0.15) is 11.2 Å². The van der Waals surface area contributed by atoms with Crippen LogP contribution >= 0.6 is 0 Å². The van der Waals surface area contributed by atoms with Gasteiger partial charge in [0.05, 0.1) is 10.8 Å². The van der Waals surface area contributed by atoms with Crippen molar-refractivity contribution < 1.29 is 38.1 Å². The number of ether oxygens (including phenoxy) is 4. The van der Waals surface area contributed by atoms with Gasteiger partial charge in [0.2, 0.25) is 0 Å². The molecule has 0 spiro atoms. The molecular formula is C36H54O8. The van der Waals surface area contributed by atoms with Crippen molar-refractivity contribution in [3.63, 3.8) is 0 Å². The molecule has 8 bridgehead atoms. The van der Waals surface area contributed by atoms with Crippen LogP contribution in [-0.4, -0.2) is 48.3 Å². The number of carbonyl (C=O) groups excluding carboxylic acids is 4. The largest absolute Gasteiger partial charge is 0.456 e. The number of esters is 4. The fourth-order valence-electron chi connectivity index (χ4n) is 11.1. The van der Waals surface area contributed by atoms with E-state index in [0.29, 0.717) is 30.1 Å². The quantitative estimate of drug-likeness (QED) is 0.194. The van der Waals surface area contributed by atoms with Crippen molar-refractivity contribution in [2.45, 2.75) is 130 Å². The molecule has 1 unspecified atom stereocenters. The first kappa shape index (κ1) is 31.8. The first-order valence-electron chi connectivity index (χ1n) is 17.4. The molecular weight excluding hydrogens is 560 g/mol. The lowest BCUT2D eigenvalue weighted by Gasteiger charge is -2.59. The molecule has 0 aromatic rings. The summed E-state index contributed by atoms with van der Waals surface area (Å²) < 4.78 is 23.1. The van der Waals surface area contributed by atoms with Crippen molar-refractivity contribution in [1.82, 2.24) is 0 Å². The van der Waals surface area contributed by atoms with E-state index in [-0.39, 0.29) is 6.42 Å². The molecule has 8 rings (SSSR count). The minimum atomic E-state index is -1.06. The predicted octanol–water partition coefficient (Wildman–Crippen LogP) is 6.42. The molecule has 8 fully saturated rings. The highest BCUT2D eigenvalue weighted by molar-refractivity contribution is 5.83. The van der Waals surface area contributed by atoms with Gasteiger partial charge in [-0.3, -0.25) is 9.59 Å². The Bertz CT molecular complexity index is 1110. The van der Waals surface area contributed by atoms with Gasteiger partial charge in [-0.2, -0.15) is 0 Å². The summed E-state index contributed by atoms with van der Waals surface area (Å²) >= 11 is 0. The highest BCUT2D eigenvalue weighted by Gasteiger charge is 2.58.